The van der Waals surface area contributed by atoms with Crippen LogP contribution in [0.4, 0.5) is 0 Å². The normalized spacial score (nSPS) is 32.2. The molecule has 2 heteroatoms. The average molecular weight is 242 g/mol. The molecule has 1 N–H and O–H groups in total. The number of nitrogens with zero attached hydrogens (tertiary/aromatic N) is 1. The molecule has 0 saturated carbocycles. The Morgan fingerprint density at radius 1 is 1.28 bits per heavy atom. The molecule has 2 heterocycles. The van der Waals surface area contributed by atoms with Crippen LogP contribution >= 0.6 is 0 Å². The van der Waals surface area contributed by atoms with Crippen molar-refractivity contribution in [2.75, 3.05) is 26.2 Å². The third-order valence-corrected chi connectivity index (χ3v) is 4.51. The molecule has 2 aliphatic rings. The predicted octanol–water partition coefficient (Wildman–Crippen LogP) is 2.24. The van der Waals surface area contributed by atoms with Gasteiger partial charge in [-0.3, -0.25) is 4.90 Å². The van der Waals surface area contributed by atoms with E-state index in [0.29, 0.717) is 0 Å². The summed E-state index contributed by atoms with van der Waals surface area (Å²) in [6.07, 6.45) is 4.54. The van der Waals surface area contributed by atoms with Gasteiger partial charge in [0.25, 0.3) is 0 Å². The van der Waals surface area contributed by atoms with Crippen LogP contribution in [0.2, 0.25) is 0 Å². The van der Waals surface area contributed by atoms with Gasteiger partial charge in [-0.15, -0.1) is 0 Å². The van der Waals surface area contributed by atoms with Gasteiger partial charge in [-0.2, -0.15) is 0 Å². The first-order chi connectivity index (χ1) is 8.84. The lowest BCUT2D eigenvalue weighted by Gasteiger charge is -2.22. The lowest BCUT2D eigenvalue weighted by atomic mass is 9.95. The Labute approximate surface area is 110 Å². The summed E-state index contributed by atoms with van der Waals surface area (Å²) < 4.78 is 0. The van der Waals surface area contributed by atoms with E-state index < -0.39 is 0 Å². The Kier molecular flexibility index (Phi) is 3.48. The summed E-state index contributed by atoms with van der Waals surface area (Å²) in [5, 5.41) is 3.51. The van der Waals surface area contributed by atoms with Gasteiger partial charge in [0, 0.05) is 19.1 Å². The van der Waals surface area contributed by atoms with Gasteiger partial charge in [0.2, 0.25) is 0 Å². The van der Waals surface area contributed by atoms with E-state index in [1.807, 2.05) is 0 Å². The third-order valence-electron chi connectivity index (χ3n) is 4.51. The summed E-state index contributed by atoms with van der Waals surface area (Å²) in [6.45, 7) is 7.16. The van der Waals surface area contributed by atoms with Crippen molar-refractivity contribution in [1.82, 2.24) is 10.2 Å². The highest BCUT2D eigenvalue weighted by Gasteiger charge is 2.40. The summed E-state index contributed by atoms with van der Waals surface area (Å²) in [5.41, 5.74) is 1.30. The monoisotopic (exact) mass is 242 g/mol. The second-order valence-electron chi connectivity index (χ2n) is 5.59. The zero-order valence-corrected chi connectivity index (χ0v) is 11.0. The Balaban J connectivity index is 1.56. The Morgan fingerprint density at radius 2 is 2.11 bits per heavy atom. The van der Waals surface area contributed by atoms with E-state index in [1.165, 1.54) is 25.2 Å². The Bertz CT molecular complexity index is 412. The molecule has 3 rings (SSSR count). The second kappa shape index (κ2) is 5.25. The standard InChI is InChI=1S/C16H22N2/c1-13-16-11-17-10-15(16)12-18(13)9-5-8-14-6-3-2-4-7-14/h2-8,13,15-17H,9-12H2,1H3. The fraction of sp³-hybridized carbons (Fsp3) is 0.500. The van der Waals surface area contributed by atoms with Crippen LogP contribution in [0.25, 0.3) is 6.08 Å². The zero-order chi connectivity index (χ0) is 12.4. The van der Waals surface area contributed by atoms with Gasteiger partial charge >= 0.3 is 0 Å². The number of likely N-dealkylation sites (tertiary alicyclic amines) is 1. The molecular formula is C16H22N2. The molecule has 2 nitrogen and oxygen atoms in total. The molecule has 3 unspecified atom stereocenters. The van der Waals surface area contributed by atoms with Crippen molar-refractivity contribution in [3.63, 3.8) is 0 Å². The number of fused-ring (bicyclic) bond motifs is 1. The third kappa shape index (κ3) is 2.36. The molecule has 0 aromatic heterocycles. The molecule has 0 bridgehead atoms. The minimum absolute atomic E-state index is 0.727. The highest BCUT2D eigenvalue weighted by molar-refractivity contribution is 5.48. The molecular weight excluding hydrogens is 220 g/mol. The largest absolute Gasteiger partial charge is 0.316 e. The molecule has 2 aliphatic heterocycles. The van der Waals surface area contributed by atoms with Gasteiger partial charge < -0.3 is 5.32 Å². The Hall–Kier alpha value is -1.12. The lowest BCUT2D eigenvalue weighted by molar-refractivity contribution is 0.264. The van der Waals surface area contributed by atoms with Crippen molar-refractivity contribution < 1.29 is 0 Å². The first-order valence-corrected chi connectivity index (χ1v) is 7.01. The van der Waals surface area contributed by atoms with Crippen LogP contribution in [0.3, 0.4) is 0 Å². The average Bonchev–Trinajstić information content (AvgIpc) is 2.96. The van der Waals surface area contributed by atoms with Crippen molar-refractivity contribution in [2.24, 2.45) is 11.8 Å². The van der Waals surface area contributed by atoms with Gasteiger partial charge in [-0.05, 0) is 37.4 Å². The lowest BCUT2D eigenvalue weighted by Crippen LogP contribution is -2.33. The molecule has 1 aromatic rings. The maximum Gasteiger partial charge on any atom is 0.0169 e. The molecule has 1 aromatic carbocycles. The van der Waals surface area contributed by atoms with Crippen molar-refractivity contribution in [1.29, 1.82) is 0 Å². The maximum atomic E-state index is 3.51. The molecule has 0 amide bonds. The van der Waals surface area contributed by atoms with Crippen molar-refractivity contribution >= 4 is 6.08 Å². The molecule has 0 aliphatic carbocycles. The van der Waals surface area contributed by atoms with Gasteiger partial charge in [0.1, 0.15) is 0 Å². The summed E-state index contributed by atoms with van der Waals surface area (Å²) in [5.74, 6) is 1.75. The van der Waals surface area contributed by atoms with E-state index in [4.69, 9.17) is 0 Å². The summed E-state index contributed by atoms with van der Waals surface area (Å²) in [4.78, 5) is 2.62. The topological polar surface area (TPSA) is 15.3 Å². The van der Waals surface area contributed by atoms with E-state index in [1.54, 1.807) is 0 Å². The smallest absolute Gasteiger partial charge is 0.0169 e. The fourth-order valence-corrected chi connectivity index (χ4v) is 3.39. The quantitative estimate of drug-likeness (QED) is 0.874. The predicted molar refractivity (Wildman–Crippen MR) is 76.4 cm³/mol. The van der Waals surface area contributed by atoms with E-state index >= 15 is 0 Å². The van der Waals surface area contributed by atoms with Crippen LogP contribution in [0.5, 0.6) is 0 Å². The summed E-state index contributed by atoms with van der Waals surface area (Å²) >= 11 is 0. The first kappa shape index (κ1) is 11.9. The minimum Gasteiger partial charge on any atom is -0.316 e. The number of hydrogen-bond acceptors (Lipinski definition) is 2. The highest BCUT2D eigenvalue weighted by Crippen LogP contribution is 2.31. The SMILES string of the molecule is CC1C2CNCC2CN1CC=Cc1ccccc1. The van der Waals surface area contributed by atoms with Crippen molar-refractivity contribution in [3.8, 4) is 0 Å². The molecule has 96 valence electrons. The highest BCUT2D eigenvalue weighted by atomic mass is 15.2. The Morgan fingerprint density at radius 3 is 2.89 bits per heavy atom. The van der Waals surface area contributed by atoms with E-state index in [2.05, 4.69) is 59.6 Å². The van der Waals surface area contributed by atoms with Gasteiger partial charge in [-0.25, -0.2) is 0 Å². The molecule has 18 heavy (non-hydrogen) atoms. The van der Waals surface area contributed by atoms with Crippen molar-refractivity contribution in [3.05, 3.63) is 42.0 Å². The number of benzene rings is 1. The molecule has 3 atom stereocenters. The van der Waals surface area contributed by atoms with Gasteiger partial charge in [0.05, 0.1) is 0 Å². The minimum atomic E-state index is 0.727. The molecule has 0 radical (unpaired) electrons. The fourth-order valence-electron chi connectivity index (χ4n) is 3.39. The van der Waals surface area contributed by atoms with Crippen LogP contribution < -0.4 is 5.32 Å². The van der Waals surface area contributed by atoms with Gasteiger partial charge in [-0.1, -0.05) is 42.5 Å². The van der Waals surface area contributed by atoms with E-state index in [0.717, 1.165) is 24.4 Å². The van der Waals surface area contributed by atoms with Crippen LogP contribution in [0, 0.1) is 11.8 Å². The number of nitrogens with one attached hydrogen (secondary N) is 1. The van der Waals surface area contributed by atoms with Crippen LogP contribution in [-0.2, 0) is 0 Å². The summed E-state index contributed by atoms with van der Waals surface area (Å²) in [6, 6.07) is 11.3. The van der Waals surface area contributed by atoms with Crippen LogP contribution in [0.1, 0.15) is 12.5 Å². The van der Waals surface area contributed by atoms with Gasteiger partial charge in [0.15, 0.2) is 0 Å². The summed E-state index contributed by atoms with van der Waals surface area (Å²) in [7, 11) is 0. The second-order valence-corrected chi connectivity index (χ2v) is 5.59. The first-order valence-electron chi connectivity index (χ1n) is 7.01. The maximum absolute atomic E-state index is 3.51. The molecule has 0 spiro atoms. The van der Waals surface area contributed by atoms with Crippen molar-refractivity contribution in [2.45, 2.75) is 13.0 Å². The van der Waals surface area contributed by atoms with Crippen LogP contribution in [-0.4, -0.2) is 37.1 Å². The number of rotatable bonds is 3. The van der Waals surface area contributed by atoms with E-state index in [9.17, 15) is 0 Å². The number of hydrogen-bond donors (Lipinski definition) is 1. The molecule has 2 fully saturated rings. The molecule has 2 saturated heterocycles. The van der Waals surface area contributed by atoms with Crippen LogP contribution in [0.15, 0.2) is 36.4 Å². The van der Waals surface area contributed by atoms with E-state index in [-0.39, 0.29) is 0 Å². The zero-order valence-electron chi connectivity index (χ0n) is 11.0.